The molecular weight excluding hydrogens is 368 g/mol. The van der Waals surface area contributed by atoms with Crippen LogP contribution < -0.4 is 0 Å². The average molecular weight is 395 g/mol. The fourth-order valence-electron chi connectivity index (χ4n) is 3.26. The lowest BCUT2D eigenvalue weighted by Gasteiger charge is -2.29. The van der Waals surface area contributed by atoms with Gasteiger partial charge in [-0.1, -0.05) is 48.4 Å². The fraction of sp³-hybridized carbons (Fsp3) is 0.292. The van der Waals surface area contributed by atoms with Gasteiger partial charge in [0.25, 0.3) is 5.91 Å². The Morgan fingerprint density at radius 1 is 1.11 bits per heavy atom. The van der Waals surface area contributed by atoms with E-state index < -0.39 is 0 Å². The van der Waals surface area contributed by atoms with E-state index in [-0.39, 0.29) is 11.9 Å². The van der Waals surface area contributed by atoms with Crippen molar-refractivity contribution in [1.29, 1.82) is 0 Å². The average Bonchev–Trinajstić information content (AvgIpc) is 3.12. The third-order valence-electron chi connectivity index (χ3n) is 5.18. The number of benzene rings is 2. The third-order valence-corrected chi connectivity index (χ3v) is 5.42. The van der Waals surface area contributed by atoms with Crippen molar-refractivity contribution in [2.24, 2.45) is 0 Å². The number of amides is 1. The summed E-state index contributed by atoms with van der Waals surface area (Å²) in [6, 6.07) is 20.0. The van der Waals surface area contributed by atoms with E-state index in [0.717, 1.165) is 40.4 Å². The number of halogens is 1. The molecule has 3 rings (SSSR count). The molecule has 0 bridgehead atoms. The second-order valence-electron chi connectivity index (χ2n) is 7.31. The van der Waals surface area contributed by atoms with Crippen molar-refractivity contribution in [2.75, 3.05) is 0 Å². The molecule has 1 atom stereocenters. The van der Waals surface area contributed by atoms with Crippen LogP contribution in [0.2, 0.25) is 5.02 Å². The predicted octanol–water partition coefficient (Wildman–Crippen LogP) is 5.94. The van der Waals surface area contributed by atoms with Crippen LogP contribution in [0.4, 0.5) is 0 Å². The highest BCUT2D eigenvalue weighted by Gasteiger charge is 2.22. The maximum Gasteiger partial charge on any atom is 0.254 e. The van der Waals surface area contributed by atoms with E-state index in [0.29, 0.717) is 6.54 Å². The van der Waals surface area contributed by atoms with Gasteiger partial charge >= 0.3 is 0 Å². The van der Waals surface area contributed by atoms with E-state index in [1.807, 2.05) is 60.4 Å². The predicted molar refractivity (Wildman–Crippen MR) is 116 cm³/mol. The molecule has 0 N–H and O–H groups in total. The van der Waals surface area contributed by atoms with Crippen molar-refractivity contribution in [1.82, 2.24) is 9.47 Å². The van der Waals surface area contributed by atoms with E-state index in [9.17, 15) is 4.79 Å². The Balaban J connectivity index is 1.83. The topological polar surface area (TPSA) is 25.2 Å². The van der Waals surface area contributed by atoms with E-state index in [4.69, 9.17) is 11.6 Å². The van der Waals surface area contributed by atoms with Crippen molar-refractivity contribution in [3.63, 3.8) is 0 Å². The van der Waals surface area contributed by atoms with E-state index >= 15 is 0 Å². The summed E-state index contributed by atoms with van der Waals surface area (Å²) in [5.74, 6) is 0.0739. The lowest BCUT2D eigenvalue weighted by atomic mass is 10.1. The molecule has 3 aromatic rings. The molecule has 0 aliphatic carbocycles. The Bertz CT molecular complexity index is 930. The zero-order valence-corrected chi connectivity index (χ0v) is 17.5. The number of hydrogen-bond acceptors (Lipinski definition) is 1. The lowest BCUT2D eigenvalue weighted by Crippen LogP contribution is -2.38. The minimum atomic E-state index is 0.0739. The number of carbonyl (C=O) groups is 1. The molecule has 1 aromatic heterocycles. The Morgan fingerprint density at radius 2 is 1.86 bits per heavy atom. The number of aryl methyl sites for hydroxylation is 1. The minimum absolute atomic E-state index is 0.0739. The van der Waals surface area contributed by atoms with Gasteiger partial charge in [-0.05, 0) is 62.2 Å². The van der Waals surface area contributed by atoms with Crippen LogP contribution >= 0.6 is 11.6 Å². The van der Waals surface area contributed by atoms with E-state index in [1.54, 1.807) is 0 Å². The molecule has 0 radical (unpaired) electrons. The Morgan fingerprint density at radius 3 is 2.54 bits per heavy atom. The van der Waals surface area contributed by atoms with Gasteiger partial charge in [0.05, 0.1) is 6.54 Å². The highest BCUT2D eigenvalue weighted by atomic mass is 35.5. The number of carbonyl (C=O) groups excluding carboxylic acids is 1. The van der Waals surface area contributed by atoms with Crippen molar-refractivity contribution >= 4 is 17.5 Å². The summed E-state index contributed by atoms with van der Waals surface area (Å²) in [4.78, 5) is 15.2. The number of nitrogens with zero attached hydrogens (tertiary/aromatic N) is 2. The zero-order chi connectivity index (χ0) is 20.1. The first-order valence-corrected chi connectivity index (χ1v) is 10.1. The number of hydrogen-bond donors (Lipinski definition) is 0. The number of rotatable bonds is 7. The van der Waals surface area contributed by atoms with Crippen LogP contribution in [0.5, 0.6) is 0 Å². The summed E-state index contributed by atoms with van der Waals surface area (Å²) in [5, 5.41) is 0.738. The molecule has 1 amide bonds. The summed E-state index contributed by atoms with van der Waals surface area (Å²) in [6.45, 7) is 7.57. The molecule has 4 heteroatoms. The van der Waals surface area contributed by atoms with Crippen molar-refractivity contribution in [3.05, 3.63) is 94.3 Å². The molecule has 28 heavy (non-hydrogen) atoms. The van der Waals surface area contributed by atoms with Gasteiger partial charge in [0, 0.05) is 35.1 Å². The van der Waals surface area contributed by atoms with Crippen molar-refractivity contribution in [3.8, 4) is 0 Å². The second kappa shape index (κ2) is 9.11. The first-order valence-electron chi connectivity index (χ1n) is 9.74. The van der Waals surface area contributed by atoms with Crippen LogP contribution in [0.15, 0.2) is 66.9 Å². The second-order valence-corrected chi connectivity index (χ2v) is 7.75. The minimum Gasteiger partial charge on any atom is -0.345 e. The van der Waals surface area contributed by atoms with Crippen molar-refractivity contribution in [2.45, 2.75) is 46.3 Å². The van der Waals surface area contributed by atoms with Gasteiger partial charge in [-0.25, -0.2) is 0 Å². The summed E-state index contributed by atoms with van der Waals surface area (Å²) < 4.78 is 2.18. The van der Waals surface area contributed by atoms with Crippen LogP contribution in [0, 0.1) is 6.92 Å². The van der Waals surface area contributed by atoms with E-state index in [2.05, 4.69) is 36.7 Å². The summed E-state index contributed by atoms with van der Waals surface area (Å²) in [7, 11) is 0. The zero-order valence-electron chi connectivity index (χ0n) is 16.7. The molecule has 1 heterocycles. The van der Waals surface area contributed by atoms with Crippen LogP contribution in [0.25, 0.3) is 0 Å². The van der Waals surface area contributed by atoms with Crippen LogP contribution in [0.3, 0.4) is 0 Å². The third kappa shape index (κ3) is 4.85. The first-order chi connectivity index (χ1) is 13.5. The lowest BCUT2D eigenvalue weighted by molar-refractivity contribution is 0.0667. The highest BCUT2D eigenvalue weighted by Crippen LogP contribution is 2.18. The molecule has 0 aliphatic heterocycles. The Kier molecular flexibility index (Phi) is 6.58. The van der Waals surface area contributed by atoms with Crippen molar-refractivity contribution < 1.29 is 4.79 Å². The smallest absolute Gasteiger partial charge is 0.254 e. The summed E-state index contributed by atoms with van der Waals surface area (Å²) in [6.07, 6.45) is 2.97. The largest absolute Gasteiger partial charge is 0.345 e. The fourth-order valence-corrected chi connectivity index (χ4v) is 3.48. The Labute approximate surface area is 172 Å². The van der Waals surface area contributed by atoms with Gasteiger partial charge < -0.3 is 9.47 Å². The molecular formula is C24H27ClN2O. The molecule has 0 unspecified atom stereocenters. The molecule has 0 saturated heterocycles. The van der Waals surface area contributed by atoms with Gasteiger partial charge in [0.2, 0.25) is 0 Å². The first kappa shape index (κ1) is 20.2. The molecule has 0 aliphatic rings. The van der Waals surface area contributed by atoms with Crippen LogP contribution in [-0.2, 0) is 13.1 Å². The van der Waals surface area contributed by atoms with Gasteiger partial charge in [-0.3, -0.25) is 4.79 Å². The molecule has 2 aromatic carbocycles. The number of aromatic nitrogens is 1. The standard InChI is InChI=1S/C24H27ClN2O/c1-4-19(3)27(24(28)21-12-10-18(2)11-13-21)17-23-9-6-14-26(23)16-20-7-5-8-22(25)15-20/h5-15,19H,4,16-17H2,1-3H3/t19-/m0/s1. The van der Waals surface area contributed by atoms with Gasteiger partial charge in [0.15, 0.2) is 0 Å². The molecule has 0 saturated carbocycles. The van der Waals surface area contributed by atoms with Crippen LogP contribution in [0.1, 0.15) is 47.4 Å². The normalized spacial score (nSPS) is 12.0. The molecule has 146 valence electrons. The van der Waals surface area contributed by atoms with Crippen LogP contribution in [-0.4, -0.2) is 21.4 Å². The maximum absolute atomic E-state index is 13.2. The summed E-state index contributed by atoms with van der Waals surface area (Å²) in [5.41, 5.74) is 4.14. The Hall–Kier alpha value is -2.52. The summed E-state index contributed by atoms with van der Waals surface area (Å²) >= 11 is 6.13. The molecule has 0 spiro atoms. The molecule has 0 fully saturated rings. The quantitative estimate of drug-likeness (QED) is 0.486. The van der Waals surface area contributed by atoms with E-state index in [1.165, 1.54) is 0 Å². The highest BCUT2D eigenvalue weighted by molar-refractivity contribution is 6.30. The van der Waals surface area contributed by atoms with Gasteiger partial charge in [0.1, 0.15) is 0 Å². The maximum atomic E-state index is 13.2. The van der Waals surface area contributed by atoms with Gasteiger partial charge in [-0.2, -0.15) is 0 Å². The SMILES string of the molecule is CC[C@H](C)N(Cc1cccn1Cc1cccc(Cl)c1)C(=O)c1ccc(C)cc1. The van der Waals surface area contributed by atoms with Gasteiger partial charge in [-0.15, -0.1) is 0 Å². The monoisotopic (exact) mass is 394 g/mol. The molecule has 3 nitrogen and oxygen atoms in total.